The minimum absolute atomic E-state index is 1.11. The number of anilines is 9. The maximum atomic E-state index is 2.39. The molecule has 0 aliphatic carbocycles. The van der Waals surface area contributed by atoms with Crippen LogP contribution in [0.15, 0.2) is 206 Å². The van der Waals surface area contributed by atoms with E-state index in [9.17, 15) is 0 Å². The zero-order valence-corrected chi connectivity index (χ0v) is 37.2. The fraction of sp³-hybridized carbons (Fsp3) is 0.0847. The molecule has 0 spiro atoms. The molecule has 0 bridgehead atoms. The summed E-state index contributed by atoms with van der Waals surface area (Å²) in [5, 5.41) is 2.51. The zero-order valence-electron chi connectivity index (χ0n) is 36.4. The molecule has 0 saturated carbocycles. The predicted molar refractivity (Wildman–Crippen MR) is 273 cm³/mol. The lowest BCUT2D eigenvalue weighted by Gasteiger charge is -2.27. The normalized spacial score (nSPS) is 11.3. The highest BCUT2D eigenvalue weighted by molar-refractivity contribution is 7.25. The van der Waals surface area contributed by atoms with Crippen molar-refractivity contribution in [2.24, 2.45) is 0 Å². The largest absolute Gasteiger partial charge is 0.310 e. The topological polar surface area (TPSA) is 9.72 Å². The fourth-order valence-corrected chi connectivity index (χ4v) is 9.81. The molecule has 1 aromatic heterocycles. The molecule has 0 radical (unpaired) electrons. The van der Waals surface area contributed by atoms with Gasteiger partial charge in [0.1, 0.15) is 0 Å². The minimum atomic E-state index is 1.11. The Bertz CT molecular complexity index is 3190. The van der Waals surface area contributed by atoms with Gasteiger partial charge in [-0.2, -0.15) is 0 Å². The molecule has 1 heterocycles. The summed E-state index contributed by atoms with van der Waals surface area (Å²) in [6.45, 7) is 10.8. The third kappa shape index (κ3) is 8.10. The molecule has 0 aliphatic heterocycles. The molecule has 0 fully saturated rings. The number of benzene rings is 9. The Hall–Kier alpha value is -7.40. The van der Waals surface area contributed by atoms with Gasteiger partial charge in [0.2, 0.25) is 0 Å². The third-order valence-corrected chi connectivity index (χ3v) is 13.0. The van der Waals surface area contributed by atoms with E-state index in [0.717, 1.165) is 51.2 Å². The Morgan fingerprint density at radius 2 is 0.540 bits per heavy atom. The maximum Gasteiger partial charge on any atom is 0.0468 e. The summed E-state index contributed by atoms with van der Waals surface area (Å²) in [6.07, 6.45) is 0. The van der Waals surface area contributed by atoms with Gasteiger partial charge >= 0.3 is 0 Å². The Kier molecular flexibility index (Phi) is 10.6. The highest BCUT2D eigenvalue weighted by Crippen LogP contribution is 2.44. The van der Waals surface area contributed by atoms with Gasteiger partial charge in [-0.15, -0.1) is 11.3 Å². The molecule has 0 aliphatic rings. The molecule has 0 saturated heterocycles. The summed E-state index contributed by atoms with van der Waals surface area (Å²) in [7, 11) is 0. The van der Waals surface area contributed by atoms with Gasteiger partial charge in [-0.25, -0.2) is 0 Å². The molecule has 3 nitrogen and oxygen atoms in total. The molecule has 9 aromatic carbocycles. The quantitative estimate of drug-likeness (QED) is 0.136. The van der Waals surface area contributed by atoms with E-state index in [0.29, 0.717) is 0 Å². The van der Waals surface area contributed by atoms with Crippen molar-refractivity contribution < 1.29 is 0 Å². The first kappa shape index (κ1) is 39.7. The Balaban J connectivity index is 1.02. The second-order valence-corrected chi connectivity index (χ2v) is 17.8. The lowest BCUT2D eigenvalue weighted by Crippen LogP contribution is -2.10. The number of rotatable bonds is 10. The van der Waals surface area contributed by atoms with Gasteiger partial charge in [-0.05, 0) is 189 Å². The van der Waals surface area contributed by atoms with Crippen molar-refractivity contribution in [3.63, 3.8) is 0 Å². The predicted octanol–water partition coefficient (Wildman–Crippen LogP) is 17.7. The number of hydrogen-bond donors (Lipinski definition) is 0. The molecule has 4 heteroatoms. The van der Waals surface area contributed by atoms with E-state index in [1.165, 1.54) is 59.1 Å². The number of thiophene rings is 1. The Morgan fingerprint density at radius 3 is 0.889 bits per heavy atom. The zero-order chi connectivity index (χ0) is 43.0. The monoisotopic (exact) mass is 831 g/mol. The summed E-state index contributed by atoms with van der Waals surface area (Å²) < 4.78 is 2.55. The molecule has 10 aromatic rings. The van der Waals surface area contributed by atoms with Gasteiger partial charge in [0.15, 0.2) is 0 Å². The van der Waals surface area contributed by atoms with E-state index in [2.05, 4.69) is 256 Å². The van der Waals surface area contributed by atoms with Gasteiger partial charge in [0.25, 0.3) is 0 Å². The first-order valence-electron chi connectivity index (χ1n) is 21.6. The molecule has 306 valence electrons. The van der Waals surface area contributed by atoms with Crippen LogP contribution in [0, 0.1) is 34.6 Å². The van der Waals surface area contributed by atoms with Crippen molar-refractivity contribution in [2.75, 3.05) is 14.7 Å². The van der Waals surface area contributed by atoms with E-state index in [1.807, 2.05) is 11.3 Å². The average Bonchev–Trinajstić information content (AvgIpc) is 3.65. The second kappa shape index (κ2) is 16.8. The van der Waals surface area contributed by atoms with Crippen LogP contribution in [0.4, 0.5) is 51.2 Å². The molecule has 10 rings (SSSR count). The molecule has 0 N–H and O–H groups in total. The van der Waals surface area contributed by atoms with Gasteiger partial charge < -0.3 is 14.7 Å². The summed E-state index contributed by atoms with van der Waals surface area (Å²) in [6, 6.07) is 75.7. The first-order chi connectivity index (χ1) is 30.7. The number of nitrogens with zero attached hydrogens (tertiary/aromatic N) is 3. The van der Waals surface area contributed by atoms with E-state index in [4.69, 9.17) is 0 Å². The van der Waals surface area contributed by atoms with E-state index >= 15 is 0 Å². The van der Waals surface area contributed by atoms with Crippen molar-refractivity contribution >= 4 is 82.7 Å². The van der Waals surface area contributed by atoms with E-state index in [-0.39, 0.29) is 0 Å². The van der Waals surface area contributed by atoms with Crippen LogP contribution in [-0.2, 0) is 0 Å². The van der Waals surface area contributed by atoms with Crippen LogP contribution in [0.2, 0.25) is 0 Å². The summed E-state index contributed by atoms with van der Waals surface area (Å²) in [4.78, 5) is 7.10. The molecular formula is C59H49N3S. The highest BCUT2D eigenvalue weighted by Gasteiger charge is 2.19. The third-order valence-electron chi connectivity index (χ3n) is 11.9. The maximum absolute atomic E-state index is 2.39. The SMILES string of the molecule is Cc1ccc(N(c2ccc(-c3ccc(N(c4cccc(C)c4)c4ccc5sc6ccc(N(c7cccc(C)c7)c7cccc(C)c7)cc6c5c4)cc3)cc2)c2cccc(C)c2)cc1. The van der Waals surface area contributed by atoms with Crippen molar-refractivity contribution in [3.8, 4) is 11.1 Å². The molecule has 0 atom stereocenters. The molecule has 0 amide bonds. The van der Waals surface area contributed by atoms with Crippen molar-refractivity contribution in [3.05, 3.63) is 234 Å². The summed E-state index contributed by atoms with van der Waals surface area (Å²) >= 11 is 1.85. The highest BCUT2D eigenvalue weighted by atomic mass is 32.1. The van der Waals surface area contributed by atoms with Gasteiger partial charge in [0.05, 0.1) is 0 Å². The smallest absolute Gasteiger partial charge is 0.0468 e. The van der Waals surface area contributed by atoms with Gasteiger partial charge in [0, 0.05) is 71.4 Å². The van der Waals surface area contributed by atoms with Crippen LogP contribution in [0.25, 0.3) is 31.3 Å². The van der Waals surface area contributed by atoms with Crippen molar-refractivity contribution in [1.82, 2.24) is 0 Å². The van der Waals surface area contributed by atoms with Crippen LogP contribution in [0.5, 0.6) is 0 Å². The first-order valence-corrected chi connectivity index (χ1v) is 22.5. The van der Waals surface area contributed by atoms with Crippen LogP contribution >= 0.6 is 11.3 Å². The van der Waals surface area contributed by atoms with Gasteiger partial charge in [-0.1, -0.05) is 90.5 Å². The summed E-state index contributed by atoms with van der Waals surface area (Å²) in [5.41, 5.74) is 18.7. The van der Waals surface area contributed by atoms with Gasteiger partial charge in [-0.3, -0.25) is 0 Å². The Morgan fingerprint density at radius 1 is 0.254 bits per heavy atom. The number of hydrogen-bond acceptors (Lipinski definition) is 4. The fourth-order valence-electron chi connectivity index (χ4n) is 8.74. The number of aryl methyl sites for hydroxylation is 5. The van der Waals surface area contributed by atoms with Crippen LogP contribution in [0.1, 0.15) is 27.8 Å². The van der Waals surface area contributed by atoms with E-state index < -0.39 is 0 Å². The summed E-state index contributed by atoms with van der Waals surface area (Å²) in [5.74, 6) is 0. The number of fused-ring (bicyclic) bond motifs is 3. The lowest BCUT2D eigenvalue weighted by atomic mass is 10.0. The second-order valence-electron chi connectivity index (χ2n) is 16.8. The van der Waals surface area contributed by atoms with Crippen LogP contribution in [0.3, 0.4) is 0 Å². The average molecular weight is 832 g/mol. The lowest BCUT2D eigenvalue weighted by molar-refractivity contribution is 1.26. The van der Waals surface area contributed by atoms with Crippen molar-refractivity contribution in [2.45, 2.75) is 34.6 Å². The minimum Gasteiger partial charge on any atom is -0.310 e. The van der Waals surface area contributed by atoms with Crippen LogP contribution < -0.4 is 14.7 Å². The molecule has 0 unspecified atom stereocenters. The molecular weight excluding hydrogens is 783 g/mol. The molecule has 63 heavy (non-hydrogen) atoms. The van der Waals surface area contributed by atoms with E-state index in [1.54, 1.807) is 0 Å². The van der Waals surface area contributed by atoms with Crippen molar-refractivity contribution in [1.29, 1.82) is 0 Å². The van der Waals surface area contributed by atoms with Crippen LogP contribution in [-0.4, -0.2) is 0 Å². The standard InChI is InChI=1S/C59H49N3S/c1-40-18-24-47(25-19-40)60(50-14-6-10-41(2)34-50)48-26-20-45(21-27-48)46-22-28-49(29-23-46)61(51-15-7-11-42(3)35-51)54-30-32-58-56(38-54)57-39-55(31-33-59(57)63-58)62(52-16-8-12-43(4)36-52)53-17-9-13-44(5)37-53/h6-39H,1-5H3. The Labute approximate surface area is 375 Å².